The second kappa shape index (κ2) is 35.9. The number of nitrogen functional groups attached to an aromatic ring is 1. The molecule has 2 aromatic heterocycles. The zero-order valence-corrected chi connectivity index (χ0v) is 59.3. The number of carbonyl (C=O) groups is 3. The second-order valence-corrected chi connectivity index (χ2v) is 30.6. The number of nitrogens with two attached hydrogens (primary N) is 1. The van der Waals surface area contributed by atoms with Crippen molar-refractivity contribution in [1.29, 1.82) is 0 Å². The third-order valence-electron chi connectivity index (χ3n) is 15.9. The number of para-hydroxylation sites is 2. The Morgan fingerprint density at radius 1 is 0.609 bits per heavy atom. The van der Waals surface area contributed by atoms with Crippen LogP contribution in [0.2, 0.25) is 10.0 Å². The number of halogens is 3. The van der Waals surface area contributed by atoms with Crippen LogP contribution in [-0.2, 0) is 28.4 Å². The van der Waals surface area contributed by atoms with Gasteiger partial charge in [0.05, 0.1) is 46.5 Å². The number of hydrogen-bond acceptors (Lipinski definition) is 22. The van der Waals surface area contributed by atoms with Crippen LogP contribution < -0.4 is 87.5 Å². The van der Waals surface area contributed by atoms with Crippen molar-refractivity contribution in [3.05, 3.63) is 133 Å². The maximum absolute atomic E-state index is 12.8. The molecule has 92 heavy (non-hydrogen) atoms. The molecule has 23 nitrogen and oxygen atoms in total. The number of nitrogens with one attached hydrogen (secondary N) is 5. The fourth-order valence-corrected chi connectivity index (χ4v) is 13.6. The zero-order chi connectivity index (χ0) is 65.8. The Hall–Kier alpha value is -6.14. The summed E-state index contributed by atoms with van der Waals surface area (Å²) >= 11 is 17.5. The molecule has 4 saturated heterocycles. The molecule has 0 aliphatic carbocycles. The van der Waals surface area contributed by atoms with Crippen molar-refractivity contribution in [2.75, 3.05) is 161 Å². The largest absolute Gasteiger partial charge is 1.00 e. The number of benzene rings is 4. The molecule has 0 spiro atoms. The van der Waals surface area contributed by atoms with Gasteiger partial charge in [-0.05, 0) is 151 Å². The quantitative estimate of drug-likeness (QED) is 0.00811. The van der Waals surface area contributed by atoms with E-state index in [1.165, 1.54) is 12.3 Å². The predicted octanol–water partition coefficient (Wildman–Crippen LogP) is 6.25. The van der Waals surface area contributed by atoms with Gasteiger partial charge in [-0.3, -0.25) is 24.2 Å². The van der Waals surface area contributed by atoms with Gasteiger partial charge >= 0.3 is 29.6 Å². The van der Waals surface area contributed by atoms with Crippen molar-refractivity contribution in [2.45, 2.75) is 37.8 Å². The molecule has 0 bridgehead atoms. The van der Waals surface area contributed by atoms with E-state index in [9.17, 15) is 18.7 Å². The third kappa shape index (κ3) is 22.3. The first-order valence-electron chi connectivity index (χ1n) is 29.7. The summed E-state index contributed by atoms with van der Waals surface area (Å²) in [5, 5.41) is 26.0. The Morgan fingerprint density at radius 3 is 1.38 bits per heavy atom. The van der Waals surface area contributed by atoms with E-state index in [0.29, 0.717) is 73.7 Å². The molecule has 4 aromatic carbocycles. The van der Waals surface area contributed by atoms with Crippen LogP contribution in [0.15, 0.2) is 123 Å². The van der Waals surface area contributed by atoms with Gasteiger partial charge in [-0.1, -0.05) is 60.6 Å². The number of allylic oxidation sites excluding steroid dienone is 1. The molecule has 10 rings (SSSR count). The SMILES string of the molecule is C=CC(=O)Cl.C=CC(=O)Nc1cc(Nc2ncc(Cl)c(Nc3ccccc3P(C)(C)=O)n2)ccc1N1CCC(N2CCN(C)CC2)CC1.CN1CCN(C2CCN(c3ccc(Nc4ncc(Cl)c(Nc5ccccc5P(C)(C)=O)n4)cc3N)CC2)CC1.O=CO[O-].[Na+]. The average Bonchev–Trinajstić information content (AvgIpc) is 0.988. The van der Waals surface area contributed by atoms with Crippen molar-refractivity contribution in [2.24, 2.45) is 0 Å². The summed E-state index contributed by atoms with van der Waals surface area (Å²) in [7, 11) is -0.648. The van der Waals surface area contributed by atoms with Crippen LogP contribution in [0.5, 0.6) is 0 Å². The van der Waals surface area contributed by atoms with E-state index in [1.807, 2.05) is 78.9 Å². The molecule has 0 atom stereocenters. The Bertz CT molecular complexity index is 3560. The number of piperazine rings is 2. The number of nitrogens with zero attached hydrogens (tertiary/aromatic N) is 10. The normalized spacial score (nSPS) is 16.1. The van der Waals surface area contributed by atoms with Crippen molar-refractivity contribution >= 4 is 146 Å². The Morgan fingerprint density at radius 2 is 1.00 bits per heavy atom. The standard InChI is InChI=1S/C31H40ClN8O2P.C28H38ClN8OP.C3H3ClO.CH2O3.Na/c1-5-29(41)35-26-20-22(10-11-27(26)40-14-12-23(13-15-40)39-18-16-38(2)17-19-39)34-31-33-21-24(32)30(37-31)36-25-8-6-7-9-28(25)43(3,4)42;1-35-14-16-36(17-15-35)21-10-12-37(13-11-21)25-9-8-20(18-23(25)30)32-28-31-19-22(29)27(34-28)33-24-6-4-5-7-26(24)39(2,3)38;1-2-3(4)5;2-1-4-3;/h5-11,20-21,23H,1,12-19H2,2-4H3,(H,35,41)(H2,33,34,36,37);4-9,18-19,21H,10-17,30H2,1-3H3,(H2,31,32,33,34);2H,1H2;1,3H;/q;;;;+1/p-1. The first kappa shape index (κ1) is 74.9. The van der Waals surface area contributed by atoms with Gasteiger partial charge in [0.2, 0.25) is 23.0 Å². The van der Waals surface area contributed by atoms with Gasteiger partial charge < -0.3 is 71.2 Å². The minimum absolute atomic E-state index is 0. The van der Waals surface area contributed by atoms with E-state index in [2.05, 4.69) is 114 Å². The molecule has 29 heteroatoms. The van der Waals surface area contributed by atoms with Crippen molar-refractivity contribution < 1.29 is 63.2 Å². The van der Waals surface area contributed by atoms with Crippen LogP contribution >= 0.6 is 49.1 Å². The fourth-order valence-electron chi connectivity index (χ4n) is 11.1. The number of hydrogen-bond donors (Lipinski definition) is 6. The number of anilines is 12. The number of carbonyl (C=O) groups excluding carboxylic acids is 3. The van der Waals surface area contributed by atoms with E-state index >= 15 is 0 Å². The molecular weight excluding hydrogens is 1280 g/mol. The summed E-state index contributed by atoms with van der Waals surface area (Å²) in [5.74, 6) is 1.25. The van der Waals surface area contributed by atoms with Gasteiger partial charge in [-0.25, -0.2) is 9.97 Å². The minimum Gasteiger partial charge on any atom is -0.662 e. The van der Waals surface area contributed by atoms with Crippen molar-refractivity contribution in [3.8, 4) is 0 Å². The molecule has 4 fully saturated rings. The van der Waals surface area contributed by atoms with Gasteiger partial charge in [0.1, 0.15) is 24.3 Å². The second-order valence-electron chi connectivity index (χ2n) is 23.0. The molecular formula is C63H82Cl3N16NaO7P2. The molecule has 6 heterocycles. The van der Waals surface area contributed by atoms with Crippen LogP contribution in [-0.4, -0.2) is 189 Å². The molecule has 488 valence electrons. The Labute approximate surface area is 576 Å². The predicted molar refractivity (Wildman–Crippen MR) is 371 cm³/mol. The number of aromatic nitrogens is 4. The van der Waals surface area contributed by atoms with E-state index in [0.717, 1.165) is 138 Å². The summed E-state index contributed by atoms with van der Waals surface area (Å²) in [6.07, 6.45) is 9.86. The van der Waals surface area contributed by atoms with E-state index < -0.39 is 19.5 Å². The first-order valence-corrected chi connectivity index (χ1v) is 36.1. The molecule has 1 amide bonds. The molecule has 4 aliphatic rings. The summed E-state index contributed by atoms with van der Waals surface area (Å²) in [6, 6.07) is 28.0. The van der Waals surface area contributed by atoms with Crippen molar-refractivity contribution in [3.63, 3.8) is 0 Å². The molecule has 0 unspecified atom stereocenters. The van der Waals surface area contributed by atoms with Crippen LogP contribution in [0.1, 0.15) is 25.7 Å². The number of amides is 1. The topological polar surface area (TPSA) is 275 Å². The monoisotopic (exact) mass is 1360 g/mol. The van der Waals surface area contributed by atoms with Gasteiger partial charge in [-0.15, -0.1) is 0 Å². The van der Waals surface area contributed by atoms with Crippen LogP contribution in [0.3, 0.4) is 0 Å². The molecule has 7 N–H and O–H groups in total. The summed E-state index contributed by atoms with van der Waals surface area (Å²) in [5.41, 5.74) is 12.9. The molecule has 6 aromatic rings. The van der Waals surface area contributed by atoms with Gasteiger partial charge in [0.15, 0.2) is 11.6 Å². The van der Waals surface area contributed by atoms with Crippen LogP contribution in [0, 0.1) is 0 Å². The maximum Gasteiger partial charge on any atom is 1.00 e. The number of rotatable bonds is 18. The maximum atomic E-state index is 12.8. The first-order chi connectivity index (χ1) is 43.5. The average molecular weight is 1370 g/mol. The van der Waals surface area contributed by atoms with Crippen LogP contribution in [0.25, 0.3) is 0 Å². The van der Waals surface area contributed by atoms with E-state index in [-0.39, 0.29) is 41.9 Å². The van der Waals surface area contributed by atoms with Crippen molar-refractivity contribution in [1.82, 2.24) is 39.5 Å². The fraction of sp³-hybridized carbons (Fsp3) is 0.381. The Balaban J connectivity index is 0.000000256. The van der Waals surface area contributed by atoms with Gasteiger partial charge in [-0.2, -0.15) is 9.97 Å². The summed E-state index contributed by atoms with van der Waals surface area (Å²) < 4.78 is 25.6. The van der Waals surface area contributed by atoms with Crippen LogP contribution in [0.4, 0.5) is 69.0 Å². The minimum atomic E-state index is -2.54. The third-order valence-corrected chi connectivity index (χ3v) is 19.7. The molecule has 4 aliphatic heterocycles. The van der Waals surface area contributed by atoms with E-state index in [1.54, 1.807) is 32.9 Å². The molecule has 0 radical (unpaired) electrons. The number of piperidine rings is 2. The summed E-state index contributed by atoms with van der Waals surface area (Å²) in [6.45, 7) is 26.4. The smallest absolute Gasteiger partial charge is 0.662 e. The zero-order valence-electron chi connectivity index (χ0n) is 53.3. The summed E-state index contributed by atoms with van der Waals surface area (Å²) in [4.78, 5) is 65.7. The van der Waals surface area contributed by atoms with Gasteiger partial charge in [0.25, 0.3) is 6.47 Å². The molecule has 0 saturated carbocycles. The Kier molecular flexibility index (Phi) is 29.3. The number of likely N-dealkylation sites (N-methyl/N-ethyl adjacent to an activating group) is 2. The van der Waals surface area contributed by atoms with E-state index in [4.69, 9.17) is 50.6 Å². The van der Waals surface area contributed by atoms with Gasteiger partial charge in [0, 0.05) is 113 Å².